The summed E-state index contributed by atoms with van der Waals surface area (Å²) >= 11 is 0. The molecule has 6 nitrogen and oxygen atoms in total. The molecule has 0 bridgehead atoms. The van der Waals surface area contributed by atoms with Gasteiger partial charge in [-0.25, -0.2) is 4.98 Å². The number of allylic oxidation sites excluding steroid dienone is 5. The zero-order valence-electron chi connectivity index (χ0n) is 14.5. The van der Waals surface area contributed by atoms with Crippen LogP contribution in [-0.4, -0.2) is 56.3 Å². The van der Waals surface area contributed by atoms with Crippen LogP contribution in [0.4, 0.5) is 5.82 Å². The van der Waals surface area contributed by atoms with Crippen molar-refractivity contribution in [2.45, 2.75) is 6.42 Å². The number of aromatic nitrogens is 1. The van der Waals surface area contributed by atoms with Crippen molar-refractivity contribution in [2.24, 2.45) is 9.98 Å². The largest absolute Gasteiger partial charge is 0.378 e. The number of hydrogen-bond donors (Lipinski definition) is 1. The summed E-state index contributed by atoms with van der Waals surface area (Å²) in [5.41, 5.74) is 3.40. The number of hydrogen-bond acceptors (Lipinski definition) is 6. The van der Waals surface area contributed by atoms with E-state index in [0.717, 1.165) is 68.0 Å². The molecule has 1 aromatic heterocycles. The standard InChI is InChI=1S/C19H23N5O/c1-20-19-18-17(21-7-8-22-18)13-16(23-19)14-3-2-4-15(6-5-14)24-9-11-25-12-10-24/h2,4-6,13H,3,7-12H2,1H3,(H,20,23). The molecule has 1 fully saturated rings. The highest BCUT2D eigenvalue weighted by atomic mass is 16.5. The van der Waals surface area contributed by atoms with Crippen LogP contribution in [0, 0.1) is 0 Å². The van der Waals surface area contributed by atoms with Crippen molar-refractivity contribution >= 4 is 11.4 Å². The summed E-state index contributed by atoms with van der Waals surface area (Å²) in [7, 11) is 1.88. The second kappa shape index (κ2) is 7.19. The van der Waals surface area contributed by atoms with Gasteiger partial charge >= 0.3 is 0 Å². The van der Waals surface area contributed by atoms with Crippen LogP contribution in [0.2, 0.25) is 0 Å². The van der Waals surface area contributed by atoms with Crippen LogP contribution >= 0.6 is 0 Å². The summed E-state index contributed by atoms with van der Waals surface area (Å²) < 4.78 is 5.45. The Morgan fingerprint density at radius 1 is 1.12 bits per heavy atom. The molecule has 0 radical (unpaired) electrons. The quantitative estimate of drug-likeness (QED) is 0.892. The lowest BCUT2D eigenvalue weighted by molar-refractivity contribution is 0.0554. The number of pyridine rings is 1. The molecular formula is C19H23N5O. The molecule has 1 saturated heterocycles. The number of nitrogens with one attached hydrogen (secondary N) is 1. The summed E-state index contributed by atoms with van der Waals surface area (Å²) in [6.07, 6.45) is 9.63. The molecule has 2 aliphatic heterocycles. The van der Waals surface area contributed by atoms with E-state index in [-0.39, 0.29) is 0 Å². The van der Waals surface area contributed by atoms with Gasteiger partial charge in [-0.15, -0.1) is 0 Å². The van der Waals surface area contributed by atoms with E-state index in [1.807, 2.05) is 7.05 Å². The van der Waals surface area contributed by atoms with Gasteiger partial charge in [-0.2, -0.15) is 0 Å². The molecule has 6 heteroatoms. The topological polar surface area (TPSA) is 62.1 Å². The third kappa shape index (κ3) is 3.35. The van der Waals surface area contributed by atoms with Gasteiger partial charge in [-0.05, 0) is 30.2 Å². The minimum absolute atomic E-state index is 0.736. The Balaban J connectivity index is 1.69. The van der Waals surface area contributed by atoms with E-state index >= 15 is 0 Å². The van der Waals surface area contributed by atoms with Crippen LogP contribution in [0.3, 0.4) is 0 Å². The fourth-order valence-electron chi connectivity index (χ4n) is 3.31. The van der Waals surface area contributed by atoms with Crippen molar-refractivity contribution in [3.8, 4) is 0 Å². The third-order valence-electron chi connectivity index (χ3n) is 4.65. The van der Waals surface area contributed by atoms with Gasteiger partial charge < -0.3 is 15.0 Å². The minimum Gasteiger partial charge on any atom is -0.378 e. The van der Waals surface area contributed by atoms with Crippen molar-refractivity contribution in [1.29, 1.82) is 0 Å². The normalized spacial score (nSPS) is 19.8. The van der Waals surface area contributed by atoms with Gasteiger partial charge in [0.2, 0.25) is 0 Å². The van der Waals surface area contributed by atoms with E-state index in [1.165, 1.54) is 11.3 Å². The second-order valence-corrected chi connectivity index (χ2v) is 6.23. The molecule has 0 saturated carbocycles. The maximum Gasteiger partial charge on any atom is 0.154 e. The lowest BCUT2D eigenvalue weighted by Gasteiger charge is -2.29. The van der Waals surface area contributed by atoms with Crippen molar-refractivity contribution in [3.63, 3.8) is 0 Å². The predicted octanol–water partition coefficient (Wildman–Crippen LogP) is 0.935. The average molecular weight is 337 g/mol. The van der Waals surface area contributed by atoms with Crippen molar-refractivity contribution < 1.29 is 4.74 Å². The van der Waals surface area contributed by atoms with Crippen LogP contribution in [0.5, 0.6) is 0 Å². The predicted molar refractivity (Wildman–Crippen MR) is 98.0 cm³/mol. The average Bonchev–Trinajstić information content (AvgIpc) is 2.94. The maximum atomic E-state index is 5.45. The molecule has 0 atom stereocenters. The monoisotopic (exact) mass is 337 g/mol. The fourth-order valence-corrected chi connectivity index (χ4v) is 3.31. The molecular weight excluding hydrogens is 314 g/mol. The van der Waals surface area contributed by atoms with Gasteiger partial charge in [-0.1, -0.05) is 12.2 Å². The van der Waals surface area contributed by atoms with Gasteiger partial charge in [0, 0.05) is 25.8 Å². The van der Waals surface area contributed by atoms with Crippen molar-refractivity contribution in [1.82, 2.24) is 9.88 Å². The van der Waals surface area contributed by atoms with Gasteiger partial charge in [0.15, 0.2) is 5.82 Å². The molecule has 1 N–H and O–H groups in total. The summed E-state index contributed by atoms with van der Waals surface area (Å²) in [6.45, 7) is 4.97. The van der Waals surface area contributed by atoms with Crippen LogP contribution in [0.15, 0.2) is 46.1 Å². The lowest BCUT2D eigenvalue weighted by atomic mass is 10.1. The van der Waals surface area contributed by atoms with Crippen LogP contribution in [0.25, 0.3) is 5.57 Å². The molecule has 3 heterocycles. The number of ether oxygens (including phenoxy) is 1. The van der Waals surface area contributed by atoms with Crippen LogP contribution in [0.1, 0.15) is 12.1 Å². The summed E-state index contributed by atoms with van der Waals surface area (Å²) in [5, 5.41) is 4.98. The molecule has 0 aromatic carbocycles. The van der Waals surface area contributed by atoms with Gasteiger partial charge in [-0.3, -0.25) is 9.98 Å². The minimum atomic E-state index is 0.736. The molecule has 25 heavy (non-hydrogen) atoms. The van der Waals surface area contributed by atoms with E-state index in [2.05, 4.69) is 50.6 Å². The molecule has 0 unspecified atom stereocenters. The smallest absolute Gasteiger partial charge is 0.154 e. The lowest BCUT2D eigenvalue weighted by Crippen LogP contribution is -2.35. The Labute approximate surface area is 147 Å². The molecule has 1 aliphatic carbocycles. The summed E-state index contributed by atoms with van der Waals surface area (Å²) in [5.74, 6) is 0.808. The van der Waals surface area contributed by atoms with E-state index in [4.69, 9.17) is 9.72 Å². The highest BCUT2D eigenvalue weighted by Crippen LogP contribution is 2.22. The van der Waals surface area contributed by atoms with Gasteiger partial charge in [0.05, 0.1) is 37.4 Å². The number of anilines is 1. The number of fused-ring (bicyclic) bond motifs is 1. The van der Waals surface area contributed by atoms with E-state index in [1.54, 1.807) is 0 Å². The number of morpholine rings is 1. The van der Waals surface area contributed by atoms with Crippen molar-refractivity contribution in [2.75, 3.05) is 51.8 Å². The van der Waals surface area contributed by atoms with Crippen LogP contribution in [-0.2, 0) is 4.74 Å². The van der Waals surface area contributed by atoms with Gasteiger partial charge in [0.1, 0.15) is 5.36 Å². The molecule has 4 rings (SSSR count). The molecule has 130 valence electrons. The molecule has 3 aliphatic rings. The molecule has 0 spiro atoms. The van der Waals surface area contributed by atoms with E-state index < -0.39 is 0 Å². The first-order chi connectivity index (χ1) is 12.3. The van der Waals surface area contributed by atoms with E-state index in [0.29, 0.717) is 0 Å². The highest BCUT2D eigenvalue weighted by molar-refractivity contribution is 5.67. The maximum absolute atomic E-state index is 5.45. The fraction of sp³-hybridized carbons (Fsp3) is 0.421. The molecule has 1 aromatic rings. The van der Waals surface area contributed by atoms with E-state index in [9.17, 15) is 0 Å². The first-order valence-electron chi connectivity index (χ1n) is 8.83. The Morgan fingerprint density at radius 2 is 1.96 bits per heavy atom. The summed E-state index contributed by atoms with van der Waals surface area (Å²) in [6, 6.07) is 2.06. The van der Waals surface area contributed by atoms with Gasteiger partial charge in [0.25, 0.3) is 0 Å². The zero-order valence-corrected chi connectivity index (χ0v) is 14.5. The third-order valence-corrected chi connectivity index (χ3v) is 4.65. The highest BCUT2D eigenvalue weighted by Gasteiger charge is 2.14. The second-order valence-electron chi connectivity index (χ2n) is 6.23. The summed E-state index contributed by atoms with van der Waals surface area (Å²) in [4.78, 5) is 16.3. The number of nitrogens with zero attached hydrogens (tertiary/aromatic N) is 4. The number of rotatable bonds is 3. The van der Waals surface area contributed by atoms with Crippen molar-refractivity contribution in [3.05, 3.63) is 52.5 Å². The molecule has 0 amide bonds. The Kier molecular flexibility index (Phi) is 4.61. The van der Waals surface area contributed by atoms with Crippen LogP contribution < -0.4 is 16.0 Å². The zero-order chi connectivity index (χ0) is 17.1. The first kappa shape index (κ1) is 16.0. The Bertz CT molecular complexity index is 863. The first-order valence-corrected chi connectivity index (χ1v) is 8.83. The Hall–Kier alpha value is -2.47. The SMILES string of the molecule is CNc1nc(C2=CC=C(N3CCOCC3)C=CC2)cc2c1=NCCN=2. The Morgan fingerprint density at radius 3 is 2.80 bits per heavy atom.